The monoisotopic (exact) mass is 355 g/mol. The molecule has 3 N–H and O–H groups in total. The van der Waals surface area contributed by atoms with E-state index in [0.717, 1.165) is 29.6 Å². The third-order valence-corrected chi connectivity index (χ3v) is 4.89. The molecule has 2 atom stereocenters. The maximum Gasteiger partial charge on any atom is 0.252 e. The van der Waals surface area contributed by atoms with Gasteiger partial charge in [0, 0.05) is 42.7 Å². The van der Waals surface area contributed by atoms with Crippen LogP contribution in [0, 0.1) is 0 Å². The average molecular weight is 356 g/mol. The number of H-pyrrole nitrogens is 1. The number of aromatic nitrogens is 1. The number of pyridine rings is 1. The van der Waals surface area contributed by atoms with Gasteiger partial charge in [-0.1, -0.05) is 48.5 Å². The molecule has 1 aliphatic heterocycles. The zero-order chi connectivity index (χ0) is 16.5. The first-order valence-corrected chi connectivity index (χ1v) is 8.34. The van der Waals surface area contributed by atoms with Crippen LogP contribution in [-0.2, 0) is 6.54 Å². The lowest BCUT2D eigenvalue weighted by atomic mass is 9.95. The minimum Gasteiger partial charge on any atom is -0.326 e. The van der Waals surface area contributed by atoms with Crippen molar-refractivity contribution in [2.75, 3.05) is 13.1 Å². The lowest BCUT2D eigenvalue weighted by Gasteiger charge is -2.16. The van der Waals surface area contributed by atoms with Crippen LogP contribution in [0.1, 0.15) is 17.0 Å². The Labute approximate surface area is 153 Å². The van der Waals surface area contributed by atoms with Gasteiger partial charge in [-0.3, -0.25) is 9.69 Å². The number of likely N-dealkylation sites (tertiary alicyclic amines) is 1. The highest BCUT2D eigenvalue weighted by Crippen LogP contribution is 2.27. The van der Waals surface area contributed by atoms with Crippen molar-refractivity contribution in [3.8, 4) is 0 Å². The summed E-state index contributed by atoms with van der Waals surface area (Å²) in [6.45, 7) is 2.33. The molecule has 25 heavy (non-hydrogen) atoms. The number of benzene rings is 2. The summed E-state index contributed by atoms with van der Waals surface area (Å²) in [6.07, 6.45) is 0. The molecule has 1 aliphatic rings. The number of nitrogens with one attached hydrogen (secondary N) is 1. The van der Waals surface area contributed by atoms with Crippen molar-refractivity contribution in [3.05, 3.63) is 82.1 Å². The van der Waals surface area contributed by atoms with Crippen molar-refractivity contribution in [3.63, 3.8) is 0 Å². The smallest absolute Gasteiger partial charge is 0.252 e. The summed E-state index contributed by atoms with van der Waals surface area (Å²) in [5.41, 5.74) is 9.31. The lowest BCUT2D eigenvalue weighted by molar-refractivity contribution is 0.322. The maximum absolute atomic E-state index is 12.3. The van der Waals surface area contributed by atoms with Gasteiger partial charge in [-0.25, -0.2) is 0 Å². The van der Waals surface area contributed by atoms with Crippen LogP contribution in [0.3, 0.4) is 0 Å². The minimum atomic E-state index is -0.00886. The molecule has 0 spiro atoms. The first-order chi connectivity index (χ1) is 11.7. The van der Waals surface area contributed by atoms with Gasteiger partial charge in [0.25, 0.3) is 5.56 Å². The van der Waals surface area contributed by atoms with Crippen LogP contribution in [0.15, 0.2) is 65.5 Å². The Kier molecular flexibility index (Phi) is 5.23. The van der Waals surface area contributed by atoms with Crippen LogP contribution in [0.4, 0.5) is 0 Å². The van der Waals surface area contributed by atoms with E-state index in [0.29, 0.717) is 12.5 Å². The van der Waals surface area contributed by atoms with Crippen molar-refractivity contribution >= 4 is 23.3 Å². The Morgan fingerprint density at radius 2 is 1.76 bits per heavy atom. The molecule has 4 rings (SSSR count). The van der Waals surface area contributed by atoms with Gasteiger partial charge < -0.3 is 10.7 Å². The van der Waals surface area contributed by atoms with Crippen molar-refractivity contribution in [2.45, 2.75) is 18.5 Å². The second-order valence-corrected chi connectivity index (χ2v) is 6.59. The number of para-hydroxylation sites is 1. The second-order valence-electron chi connectivity index (χ2n) is 6.59. The van der Waals surface area contributed by atoms with Gasteiger partial charge in [-0.15, -0.1) is 12.4 Å². The van der Waals surface area contributed by atoms with Gasteiger partial charge in [0.1, 0.15) is 0 Å². The zero-order valence-corrected chi connectivity index (χ0v) is 14.7. The van der Waals surface area contributed by atoms with E-state index in [1.807, 2.05) is 36.4 Å². The molecule has 2 heterocycles. The van der Waals surface area contributed by atoms with E-state index >= 15 is 0 Å². The summed E-state index contributed by atoms with van der Waals surface area (Å²) in [4.78, 5) is 17.6. The summed E-state index contributed by atoms with van der Waals surface area (Å²) in [5, 5.41) is 1.07. The molecule has 1 saturated heterocycles. The van der Waals surface area contributed by atoms with Gasteiger partial charge in [0.15, 0.2) is 0 Å². The van der Waals surface area contributed by atoms with E-state index in [-0.39, 0.29) is 24.0 Å². The first-order valence-electron chi connectivity index (χ1n) is 8.34. The fourth-order valence-electron chi connectivity index (χ4n) is 3.65. The Morgan fingerprint density at radius 1 is 1.04 bits per heavy atom. The van der Waals surface area contributed by atoms with Gasteiger partial charge >= 0.3 is 0 Å². The van der Waals surface area contributed by atoms with Crippen LogP contribution in [0.25, 0.3) is 10.9 Å². The van der Waals surface area contributed by atoms with Gasteiger partial charge in [-0.2, -0.15) is 0 Å². The highest BCUT2D eigenvalue weighted by atomic mass is 35.5. The molecular formula is C20H22ClN3O. The van der Waals surface area contributed by atoms with E-state index in [2.05, 4.69) is 34.1 Å². The molecule has 3 aromatic rings. The predicted octanol–water partition coefficient (Wildman–Crippen LogP) is 2.88. The van der Waals surface area contributed by atoms with Crippen LogP contribution < -0.4 is 11.3 Å². The number of hydrogen-bond donors (Lipinski definition) is 2. The normalized spacial score (nSPS) is 20.5. The summed E-state index contributed by atoms with van der Waals surface area (Å²) < 4.78 is 0. The molecule has 1 fully saturated rings. The predicted molar refractivity (Wildman–Crippen MR) is 104 cm³/mol. The number of nitrogens with two attached hydrogens (primary N) is 1. The third-order valence-electron chi connectivity index (χ3n) is 4.89. The number of rotatable bonds is 3. The highest BCUT2D eigenvalue weighted by molar-refractivity contribution is 5.85. The van der Waals surface area contributed by atoms with Gasteiger partial charge in [0.2, 0.25) is 0 Å². The minimum absolute atomic E-state index is 0. The van der Waals surface area contributed by atoms with Crippen LogP contribution in [0.2, 0.25) is 0 Å². The topological polar surface area (TPSA) is 62.1 Å². The Bertz CT molecular complexity index is 909. The SMILES string of the molecule is Cl.N[C@@H]1CN(Cc2cc3ccccc3[nH]c2=O)C[C@H]1c1ccccc1. The van der Waals surface area contributed by atoms with E-state index in [1.54, 1.807) is 0 Å². The van der Waals surface area contributed by atoms with Crippen molar-refractivity contribution in [2.24, 2.45) is 5.73 Å². The Balaban J connectivity index is 0.00000182. The van der Waals surface area contributed by atoms with Crippen LogP contribution in [-0.4, -0.2) is 29.0 Å². The van der Waals surface area contributed by atoms with E-state index in [1.165, 1.54) is 5.56 Å². The average Bonchev–Trinajstić information content (AvgIpc) is 2.97. The molecular weight excluding hydrogens is 334 g/mol. The summed E-state index contributed by atoms with van der Waals surface area (Å²) >= 11 is 0. The second kappa shape index (κ2) is 7.40. The fraction of sp³-hybridized carbons (Fsp3) is 0.250. The molecule has 2 aromatic carbocycles. The summed E-state index contributed by atoms with van der Waals surface area (Å²) in [5.74, 6) is 0.325. The standard InChI is InChI=1S/C20H21N3O.ClH/c21-18-13-23(12-17(18)14-6-2-1-3-7-14)11-16-10-15-8-4-5-9-19(15)22-20(16)24;/h1-10,17-18H,11-13,21H2,(H,22,24);1H/t17-,18+;/m0./s1. The van der Waals surface area contributed by atoms with Crippen molar-refractivity contribution < 1.29 is 0 Å². The van der Waals surface area contributed by atoms with Crippen molar-refractivity contribution in [1.29, 1.82) is 0 Å². The number of aromatic amines is 1. The van der Waals surface area contributed by atoms with Gasteiger partial charge in [-0.05, 0) is 23.1 Å². The fourth-order valence-corrected chi connectivity index (χ4v) is 3.65. The number of nitrogens with zero attached hydrogens (tertiary/aromatic N) is 1. The quantitative estimate of drug-likeness (QED) is 0.759. The molecule has 0 amide bonds. The lowest BCUT2D eigenvalue weighted by Crippen LogP contribution is -2.29. The van der Waals surface area contributed by atoms with E-state index < -0.39 is 0 Å². The zero-order valence-electron chi connectivity index (χ0n) is 13.9. The molecule has 0 saturated carbocycles. The van der Waals surface area contributed by atoms with E-state index in [4.69, 9.17) is 5.73 Å². The largest absolute Gasteiger partial charge is 0.326 e. The van der Waals surface area contributed by atoms with Crippen LogP contribution in [0.5, 0.6) is 0 Å². The summed E-state index contributed by atoms with van der Waals surface area (Å²) in [7, 11) is 0. The molecule has 130 valence electrons. The molecule has 4 nitrogen and oxygen atoms in total. The van der Waals surface area contributed by atoms with Gasteiger partial charge in [0.05, 0.1) is 0 Å². The van der Waals surface area contributed by atoms with Crippen molar-refractivity contribution in [1.82, 2.24) is 9.88 Å². The highest BCUT2D eigenvalue weighted by Gasteiger charge is 2.31. The van der Waals surface area contributed by atoms with E-state index in [9.17, 15) is 4.79 Å². The number of halogens is 1. The molecule has 1 aromatic heterocycles. The maximum atomic E-state index is 12.3. The molecule has 0 aliphatic carbocycles. The van der Waals surface area contributed by atoms with Crippen LogP contribution >= 0.6 is 12.4 Å². The Morgan fingerprint density at radius 3 is 2.56 bits per heavy atom. The molecule has 0 unspecified atom stereocenters. The number of hydrogen-bond acceptors (Lipinski definition) is 3. The summed E-state index contributed by atoms with van der Waals surface area (Å²) in [6, 6.07) is 20.4. The Hall–Kier alpha value is -2.14. The number of fused-ring (bicyclic) bond motifs is 1. The third kappa shape index (κ3) is 3.61. The molecule has 0 radical (unpaired) electrons. The molecule has 5 heteroatoms. The first kappa shape index (κ1) is 17.7. The molecule has 0 bridgehead atoms.